The summed E-state index contributed by atoms with van der Waals surface area (Å²) >= 11 is 0. The first-order valence-electron chi connectivity index (χ1n) is 14.0. The number of ether oxygens (including phenoxy) is 2. The van der Waals surface area contributed by atoms with Crippen LogP contribution in [0.25, 0.3) is 16.7 Å². The van der Waals surface area contributed by atoms with E-state index >= 15 is 0 Å². The number of rotatable bonds is 10. The Bertz CT molecular complexity index is 1780. The fraction of sp³-hybridized carbons (Fsp3) is 0.400. The van der Waals surface area contributed by atoms with Crippen molar-refractivity contribution in [1.29, 1.82) is 0 Å². The maximum absolute atomic E-state index is 12.6. The van der Waals surface area contributed by atoms with Crippen LogP contribution in [0.5, 0.6) is 5.75 Å². The van der Waals surface area contributed by atoms with Crippen molar-refractivity contribution in [1.82, 2.24) is 25.5 Å². The monoisotopic (exact) mass is 762 g/mol. The summed E-state index contributed by atoms with van der Waals surface area (Å²) in [6.07, 6.45) is -14.7. The van der Waals surface area contributed by atoms with Crippen LogP contribution in [-0.2, 0) is 32.0 Å². The number of aliphatic hydroxyl groups is 5. The number of aromatic hydroxyl groups is 1. The molecule has 262 valence electrons. The molecule has 3 aliphatic rings. The van der Waals surface area contributed by atoms with E-state index in [9.17, 15) is 49.6 Å². The van der Waals surface area contributed by atoms with E-state index < -0.39 is 71.1 Å². The normalized spacial score (nSPS) is 32.1. The Morgan fingerprint density at radius 3 is 2.18 bits per heavy atom. The van der Waals surface area contributed by atoms with Gasteiger partial charge < -0.3 is 65.6 Å². The van der Waals surface area contributed by atoms with Crippen molar-refractivity contribution in [3.05, 3.63) is 60.6 Å². The van der Waals surface area contributed by atoms with Crippen molar-refractivity contribution in [2.75, 3.05) is 12.3 Å². The van der Waals surface area contributed by atoms with Crippen LogP contribution in [0.15, 0.2) is 55.0 Å². The van der Waals surface area contributed by atoms with E-state index in [0.717, 1.165) is 16.5 Å². The smallest absolute Gasteiger partial charge is 0.756 e. The topological polar surface area (TPSA) is 319 Å². The molecule has 3 aliphatic heterocycles. The van der Waals surface area contributed by atoms with Gasteiger partial charge in [0.15, 0.2) is 18.8 Å². The second kappa shape index (κ2) is 16.4. The van der Waals surface area contributed by atoms with E-state index in [4.69, 9.17) is 15.2 Å². The van der Waals surface area contributed by atoms with Gasteiger partial charge in [0, 0.05) is 23.5 Å². The van der Waals surface area contributed by atoms with E-state index in [1.54, 1.807) is 18.3 Å². The van der Waals surface area contributed by atoms with Crippen LogP contribution in [0.1, 0.15) is 11.8 Å². The first kappa shape index (κ1) is 41.5. The predicted octanol–water partition coefficient (Wildman–Crippen LogP) is -8.97. The van der Waals surface area contributed by atoms with Crippen molar-refractivity contribution in [3.63, 3.8) is 0 Å². The Kier molecular flexibility index (Phi) is 13.7. The van der Waals surface area contributed by atoms with Crippen LogP contribution in [-0.4, -0.2) is 101 Å². The summed E-state index contributed by atoms with van der Waals surface area (Å²) in [5, 5.41) is 63.5. The molecule has 4 heterocycles. The number of anilines is 1. The van der Waals surface area contributed by atoms with Crippen LogP contribution in [0, 0.1) is 0 Å². The van der Waals surface area contributed by atoms with Crippen LogP contribution >= 0.6 is 15.6 Å². The van der Waals surface area contributed by atoms with Crippen LogP contribution in [0.2, 0.25) is 0 Å². The number of nitrogens with one attached hydrogen (secondary N) is 2. The first-order chi connectivity index (χ1) is 22.6. The van der Waals surface area contributed by atoms with Crippen LogP contribution in [0.3, 0.4) is 0 Å². The molecule has 2 fully saturated rings. The van der Waals surface area contributed by atoms with Crippen molar-refractivity contribution in [2.45, 2.75) is 55.4 Å². The summed E-state index contributed by atoms with van der Waals surface area (Å²) in [5.41, 5.74) is 13.2. The van der Waals surface area contributed by atoms with E-state index in [2.05, 4.69) is 29.2 Å². The van der Waals surface area contributed by atoms with Gasteiger partial charge in [-0.2, -0.15) is 0 Å². The van der Waals surface area contributed by atoms with Gasteiger partial charge in [0.05, 0.1) is 24.1 Å². The molecular weight excluding hydrogens is 732 g/mol. The van der Waals surface area contributed by atoms with E-state index in [0.29, 0.717) is 5.70 Å². The number of aliphatic hydroxyl groups excluding tert-OH is 5. The molecule has 0 bridgehead atoms. The third-order valence-corrected chi connectivity index (χ3v) is 10.1. The zero-order valence-electron chi connectivity index (χ0n) is 26.3. The minimum Gasteiger partial charge on any atom is -0.756 e. The number of hydrazine groups is 2. The van der Waals surface area contributed by atoms with Gasteiger partial charge >= 0.3 is 59.1 Å². The number of phenolic OH excluding ortho intramolecular Hbond substituents is 1. The van der Waals surface area contributed by atoms with Crippen molar-refractivity contribution in [3.8, 4) is 5.75 Å². The average Bonchev–Trinajstić information content (AvgIpc) is 3.73. The molecular formula is C25H30N6Na2O15P2. The van der Waals surface area contributed by atoms with Gasteiger partial charge in [0.1, 0.15) is 47.9 Å². The fourth-order valence-corrected chi connectivity index (χ4v) is 7.40. The molecule has 0 aliphatic carbocycles. The Morgan fingerprint density at radius 1 is 0.900 bits per heavy atom. The molecule has 1 aromatic heterocycles. The minimum absolute atomic E-state index is 0. The van der Waals surface area contributed by atoms with Gasteiger partial charge in [-0.05, 0) is 6.07 Å². The number of phosphoric acid groups is 2. The largest absolute Gasteiger partial charge is 1.00 e. The number of fused-ring (bicyclic) bond motifs is 1. The van der Waals surface area contributed by atoms with Crippen LogP contribution < -0.4 is 85.5 Å². The molecule has 0 radical (unpaired) electrons. The van der Waals surface area contributed by atoms with E-state index in [1.165, 1.54) is 17.3 Å². The van der Waals surface area contributed by atoms with Gasteiger partial charge in [0.2, 0.25) is 0 Å². The van der Waals surface area contributed by atoms with Crippen molar-refractivity contribution < 1.29 is 132 Å². The molecule has 3 aromatic rings. The van der Waals surface area contributed by atoms with Crippen molar-refractivity contribution >= 4 is 38.1 Å². The van der Waals surface area contributed by atoms with Gasteiger partial charge in [-0.3, -0.25) is 23.6 Å². The predicted molar refractivity (Wildman–Crippen MR) is 154 cm³/mol. The molecule has 0 spiro atoms. The summed E-state index contributed by atoms with van der Waals surface area (Å²) in [5.74, 6) is -0.313. The Labute approximate surface area is 326 Å². The summed E-state index contributed by atoms with van der Waals surface area (Å²) in [4.78, 5) is 29.2. The minimum atomic E-state index is -6.02. The summed E-state index contributed by atoms with van der Waals surface area (Å²) in [6.45, 7) is -0.260. The molecule has 6 rings (SSSR count). The van der Waals surface area contributed by atoms with Gasteiger partial charge in [-0.15, -0.1) is 5.12 Å². The van der Waals surface area contributed by atoms with E-state index in [1.807, 2.05) is 18.2 Å². The first-order valence-corrected chi connectivity index (χ1v) is 17.0. The molecule has 2 saturated heterocycles. The maximum Gasteiger partial charge on any atom is 1.00 e. The summed E-state index contributed by atoms with van der Waals surface area (Å²) in [6, 6.07) is 11.6. The number of benzene rings is 2. The second-order valence-electron chi connectivity index (χ2n) is 10.9. The number of hydrogen-bond acceptors (Lipinski definition) is 20. The number of phenols is 1. The van der Waals surface area contributed by atoms with Crippen molar-refractivity contribution in [2.24, 2.45) is 0 Å². The molecule has 2 aromatic carbocycles. The van der Waals surface area contributed by atoms with Gasteiger partial charge in [0.25, 0.3) is 15.6 Å². The molecule has 21 nitrogen and oxygen atoms in total. The number of phosphoric ester groups is 2. The SMILES string of the molecule is Nc1cc(O)c2ncn([C@@H]3O[C@H](OP(=O)([O-])OP(=O)([O-])O[C@H]4O[C@@H](CN5NC=C(c6ccccc6)N5)[C@@H](O)[C@@H](O)[C@@H]4O)[C@@H](O)[C@H]3O)c2c1.[Na+].[Na+]. The number of aromatic nitrogens is 2. The number of nitrogens with two attached hydrogens (primary N) is 1. The zero-order valence-corrected chi connectivity index (χ0v) is 32.1. The molecule has 25 heteroatoms. The number of nitrogen functional groups attached to an aromatic ring is 1. The summed E-state index contributed by atoms with van der Waals surface area (Å²) < 4.78 is 50.3. The van der Waals surface area contributed by atoms with Crippen LogP contribution in [0.4, 0.5) is 5.69 Å². The second-order valence-corrected chi connectivity index (χ2v) is 13.8. The molecule has 10 N–H and O–H groups in total. The molecule has 0 saturated carbocycles. The molecule has 50 heavy (non-hydrogen) atoms. The molecule has 0 amide bonds. The molecule has 2 unspecified atom stereocenters. The van der Waals surface area contributed by atoms with Gasteiger partial charge in [-0.25, -0.2) is 9.29 Å². The van der Waals surface area contributed by atoms with Gasteiger partial charge in [-0.1, -0.05) is 30.3 Å². The Hall–Kier alpha value is -1.21. The Balaban J connectivity index is 0.00000281. The standard InChI is InChI=1S/C25H32N6O15P2.2Na/c26-12-6-14-17(15(32)7-12)27-10-30(14)23-20(35)22(37)25(43-23)45-48(40,41)46-47(38,39)44-24-21(36)19(34)18(33)16(42-24)9-31-28-8-13(29-31)11-4-2-1-3-5-11;;/h1-8,10,16,18-25,28-29,32-37H,9,26H2,(H,38,39)(H,40,41);;/q;2*+1/p-2/t16-,18+,19+,20+,21-,22-,23+,24+,25+;;/m0../s1. The maximum atomic E-state index is 12.6. The number of hydrogen-bond donors (Lipinski definition) is 9. The third kappa shape index (κ3) is 8.93. The molecule has 11 atom stereocenters. The summed E-state index contributed by atoms with van der Waals surface area (Å²) in [7, 11) is -12.0. The third-order valence-electron chi connectivity index (χ3n) is 7.55. The number of nitrogens with zero attached hydrogens (tertiary/aromatic N) is 3. The fourth-order valence-electron chi connectivity index (χ4n) is 5.25. The van der Waals surface area contributed by atoms with E-state index in [-0.39, 0.29) is 88.1 Å². The zero-order chi connectivity index (χ0) is 34.5. The quantitative estimate of drug-likeness (QED) is 0.0526. The Morgan fingerprint density at radius 2 is 1.52 bits per heavy atom. The average molecular weight is 762 g/mol. The number of imidazole rings is 1.